The van der Waals surface area contributed by atoms with E-state index in [1.54, 1.807) is 24.8 Å². The number of anilines is 2. The van der Waals surface area contributed by atoms with Gasteiger partial charge in [-0.3, -0.25) is 0 Å². The number of benzene rings is 2. The van der Waals surface area contributed by atoms with Crippen LogP contribution in [0.25, 0.3) is 10.9 Å². The van der Waals surface area contributed by atoms with Crippen molar-refractivity contribution in [3.63, 3.8) is 0 Å². The molecule has 0 bridgehead atoms. The Labute approximate surface area is 189 Å². The van der Waals surface area contributed by atoms with Crippen molar-refractivity contribution in [1.29, 1.82) is 0 Å². The second-order valence-corrected chi connectivity index (χ2v) is 8.51. The van der Waals surface area contributed by atoms with E-state index >= 15 is 4.39 Å². The van der Waals surface area contributed by atoms with Gasteiger partial charge in [-0.25, -0.2) is 13.8 Å². The van der Waals surface area contributed by atoms with Crippen LogP contribution >= 0.6 is 0 Å². The zero-order chi connectivity index (χ0) is 24.0. The Hall–Kier alpha value is -3.29. The van der Waals surface area contributed by atoms with Gasteiger partial charge in [-0.2, -0.15) is 4.98 Å². The van der Waals surface area contributed by atoms with Crippen LogP contribution in [-0.4, -0.2) is 42.1 Å². The molecule has 4 rings (SSSR count). The molecule has 0 unspecified atom stereocenters. The number of rotatable bonds is 2. The van der Waals surface area contributed by atoms with E-state index in [-0.39, 0.29) is 21.3 Å². The largest absolute Gasteiger partial charge is 0.378 e. The van der Waals surface area contributed by atoms with Crippen molar-refractivity contribution in [3.05, 3.63) is 63.8 Å². The standard InChI is InChI=1S/C24H24FN3O5/c1-23(2,30)13-12-15-7-5-10-18-16(15)8-3-4-14-27(18)21-20-17(25)9-6-11-19(20)28(22(29)26-21)24(31,32)33/h5-7,9-11,30-33H,3-4,8,14H2,1-2H3. The monoisotopic (exact) mass is 453 g/mol. The molecule has 2 heterocycles. The normalized spacial score (nSPS) is 14.5. The van der Waals surface area contributed by atoms with Crippen LogP contribution in [0, 0.1) is 17.7 Å². The van der Waals surface area contributed by atoms with E-state index in [2.05, 4.69) is 16.8 Å². The molecule has 0 atom stereocenters. The second kappa shape index (κ2) is 8.24. The number of fused-ring (bicyclic) bond motifs is 2. The minimum atomic E-state index is -3.55. The lowest BCUT2D eigenvalue weighted by molar-refractivity contribution is -0.374. The summed E-state index contributed by atoms with van der Waals surface area (Å²) in [7, 11) is 0. The summed E-state index contributed by atoms with van der Waals surface area (Å²) in [5, 5.41) is 38.9. The first-order chi connectivity index (χ1) is 15.5. The maximum Gasteiger partial charge on any atom is 0.377 e. The summed E-state index contributed by atoms with van der Waals surface area (Å²) in [6, 6.07) is 9.20. The molecule has 0 aliphatic carbocycles. The van der Waals surface area contributed by atoms with Crippen molar-refractivity contribution in [2.24, 2.45) is 0 Å². The van der Waals surface area contributed by atoms with Crippen molar-refractivity contribution in [2.75, 3.05) is 11.4 Å². The summed E-state index contributed by atoms with van der Waals surface area (Å²) < 4.78 is 15.3. The molecule has 1 aromatic heterocycles. The van der Waals surface area contributed by atoms with E-state index in [4.69, 9.17) is 0 Å². The Balaban J connectivity index is 2.00. The van der Waals surface area contributed by atoms with Crippen molar-refractivity contribution < 1.29 is 24.8 Å². The maximum atomic E-state index is 15.0. The van der Waals surface area contributed by atoms with Crippen molar-refractivity contribution >= 4 is 22.4 Å². The molecule has 0 fully saturated rings. The predicted octanol–water partition coefficient (Wildman–Crippen LogP) is 1.68. The van der Waals surface area contributed by atoms with E-state index in [0.29, 0.717) is 24.2 Å². The van der Waals surface area contributed by atoms with Crippen LogP contribution < -0.4 is 10.6 Å². The average molecular weight is 453 g/mol. The molecule has 2 aromatic carbocycles. The minimum absolute atomic E-state index is 0.00403. The van der Waals surface area contributed by atoms with Gasteiger partial charge in [0.05, 0.1) is 10.9 Å². The summed E-state index contributed by atoms with van der Waals surface area (Å²) in [5.74, 6) is 5.09. The fraction of sp³-hybridized carbons (Fsp3) is 0.333. The lowest BCUT2D eigenvalue weighted by atomic mass is 10.00. The number of hydrogen-bond acceptors (Lipinski definition) is 7. The predicted molar refractivity (Wildman–Crippen MR) is 120 cm³/mol. The van der Waals surface area contributed by atoms with Crippen molar-refractivity contribution in [3.8, 4) is 11.8 Å². The van der Waals surface area contributed by atoms with Crippen LogP contribution in [0.1, 0.15) is 37.8 Å². The van der Waals surface area contributed by atoms with Gasteiger partial charge in [0.2, 0.25) is 0 Å². The maximum absolute atomic E-state index is 15.0. The average Bonchev–Trinajstić information content (AvgIpc) is 2.93. The van der Waals surface area contributed by atoms with Crippen LogP contribution in [0.3, 0.4) is 0 Å². The Bertz CT molecular complexity index is 1340. The fourth-order valence-electron chi connectivity index (χ4n) is 4.05. The van der Waals surface area contributed by atoms with Gasteiger partial charge in [-0.15, -0.1) is 0 Å². The molecule has 0 radical (unpaired) electrons. The third kappa shape index (κ3) is 4.47. The molecule has 0 saturated carbocycles. The zero-order valence-corrected chi connectivity index (χ0v) is 18.2. The van der Waals surface area contributed by atoms with Gasteiger partial charge >= 0.3 is 11.8 Å². The first-order valence-corrected chi connectivity index (χ1v) is 10.5. The molecule has 33 heavy (non-hydrogen) atoms. The highest BCUT2D eigenvalue weighted by Crippen LogP contribution is 2.37. The van der Waals surface area contributed by atoms with Crippen LogP contribution in [0.15, 0.2) is 41.2 Å². The molecule has 9 heteroatoms. The van der Waals surface area contributed by atoms with Crippen LogP contribution in [0.4, 0.5) is 15.9 Å². The molecule has 0 spiro atoms. The molecule has 4 N–H and O–H groups in total. The third-order valence-electron chi connectivity index (χ3n) is 5.41. The first-order valence-electron chi connectivity index (χ1n) is 10.5. The van der Waals surface area contributed by atoms with Gasteiger partial charge in [0, 0.05) is 17.8 Å². The smallest absolute Gasteiger partial charge is 0.377 e. The topological polar surface area (TPSA) is 119 Å². The highest BCUT2D eigenvalue weighted by Gasteiger charge is 2.30. The molecule has 1 aliphatic heterocycles. The van der Waals surface area contributed by atoms with Gasteiger partial charge in [0.15, 0.2) is 5.82 Å². The quantitative estimate of drug-likeness (QED) is 0.344. The number of aliphatic hydroxyl groups is 4. The fourth-order valence-corrected chi connectivity index (χ4v) is 4.05. The Morgan fingerprint density at radius 1 is 1.06 bits per heavy atom. The number of aromatic nitrogens is 2. The van der Waals surface area contributed by atoms with Crippen molar-refractivity contribution in [2.45, 2.75) is 44.8 Å². The molecule has 0 saturated heterocycles. The van der Waals surface area contributed by atoms with Gasteiger partial charge in [0.25, 0.3) is 0 Å². The number of nitrogens with zero attached hydrogens (tertiary/aromatic N) is 3. The van der Waals surface area contributed by atoms with E-state index < -0.39 is 23.2 Å². The summed E-state index contributed by atoms with van der Waals surface area (Å²) >= 11 is 0. The first kappa shape index (κ1) is 22.9. The van der Waals surface area contributed by atoms with E-state index in [0.717, 1.165) is 18.4 Å². The van der Waals surface area contributed by atoms with Gasteiger partial charge < -0.3 is 25.3 Å². The van der Waals surface area contributed by atoms with Gasteiger partial charge in [-0.05, 0) is 62.9 Å². The highest BCUT2D eigenvalue weighted by molar-refractivity contribution is 5.93. The van der Waals surface area contributed by atoms with E-state index in [1.807, 2.05) is 12.1 Å². The van der Waals surface area contributed by atoms with Crippen LogP contribution in [-0.2, 0) is 12.5 Å². The Morgan fingerprint density at radius 2 is 1.79 bits per heavy atom. The third-order valence-corrected chi connectivity index (χ3v) is 5.41. The number of hydrogen-bond donors (Lipinski definition) is 4. The molecular formula is C24H24FN3O5. The SMILES string of the molecule is CC(C)(O)C#Cc1cccc2c1CCCCN2c1nc(=O)n(C(O)(O)O)c2cccc(F)c12. The highest BCUT2D eigenvalue weighted by atomic mass is 19.1. The summed E-state index contributed by atoms with van der Waals surface area (Å²) in [6.45, 7) is 3.61. The molecule has 1 aliphatic rings. The van der Waals surface area contributed by atoms with E-state index in [9.17, 15) is 25.2 Å². The molecular weight excluding hydrogens is 429 g/mol. The van der Waals surface area contributed by atoms with Crippen LogP contribution in [0.5, 0.6) is 0 Å². The van der Waals surface area contributed by atoms with Crippen LogP contribution in [0.2, 0.25) is 0 Å². The molecule has 0 amide bonds. The summed E-state index contributed by atoms with van der Waals surface area (Å²) in [5.41, 5.74) is -0.278. The zero-order valence-electron chi connectivity index (χ0n) is 18.2. The Kier molecular flexibility index (Phi) is 5.72. The lowest BCUT2D eigenvalue weighted by Gasteiger charge is -2.27. The van der Waals surface area contributed by atoms with Gasteiger partial charge in [0.1, 0.15) is 11.4 Å². The number of halogens is 1. The Morgan fingerprint density at radius 3 is 2.48 bits per heavy atom. The lowest BCUT2D eigenvalue weighted by Crippen LogP contribution is -2.43. The second-order valence-electron chi connectivity index (χ2n) is 8.51. The van der Waals surface area contributed by atoms with E-state index in [1.165, 1.54) is 18.2 Å². The summed E-state index contributed by atoms with van der Waals surface area (Å²) in [6.07, 6.45) is -1.33. The van der Waals surface area contributed by atoms with Crippen molar-refractivity contribution in [1.82, 2.24) is 9.55 Å². The molecule has 3 aromatic rings. The molecule has 8 nitrogen and oxygen atoms in total. The summed E-state index contributed by atoms with van der Waals surface area (Å²) in [4.78, 5) is 18.4. The molecule has 172 valence electrons. The minimum Gasteiger partial charge on any atom is -0.378 e. The van der Waals surface area contributed by atoms with Gasteiger partial charge in [-0.1, -0.05) is 24.0 Å².